The predicted molar refractivity (Wildman–Crippen MR) is 94.5 cm³/mol. The van der Waals surface area contributed by atoms with Gasteiger partial charge in [-0.2, -0.15) is 0 Å². The standard InChI is InChI=1S/C18H22ClNS/c1-4-20-17(15-11-13(2)9-10-14(15)3)12-21-18-8-6-5-7-16(18)19/h5-11,17,20H,4,12H2,1-3H3. The van der Waals surface area contributed by atoms with Crippen LogP contribution in [0.5, 0.6) is 0 Å². The Morgan fingerprint density at radius 3 is 2.62 bits per heavy atom. The van der Waals surface area contributed by atoms with E-state index in [1.165, 1.54) is 16.7 Å². The molecule has 21 heavy (non-hydrogen) atoms. The zero-order chi connectivity index (χ0) is 15.2. The number of hydrogen-bond acceptors (Lipinski definition) is 2. The number of aryl methyl sites for hydroxylation is 2. The molecule has 0 aliphatic carbocycles. The van der Waals surface area contributed by atoms with E-state index in [2.05, 4.69) is 50.4 Å². The van der Waals surface area contributed by atoms with E-state index in [9.17, 15) is 0 Å². The summed E-state index contributed by atoms with van der Waals surface area (Å²) in [7, 11) is 0. The number of nitrogens with one attached hydrogen (secondary N) is 1. The van der Waals surface area contributed by atoms with Crippen LogP contribution in [-0.2, 0) is 0 Å². The van der Waals surface area contributed by atoms with Crippen molar-refractivity contribution in [1.82, 2.24) is 5.32 Å². The summed E-state index contributed by atoms with van der Waals surface area (Å²) in [6.45, 7) is 7.44. The van der Waals surface area contributed by atoms with Crippen molar-refractivity contribution < 1.29 is 0 Å². The first-order chi connectivity index (χ1) is 10.1. The second-order valence-corrected chi connectivity index (χ2v) is 6.68. The fourth-order valence-electron chi connectivity index (χ4n) is 2.38. The molecule has 1 nitrogen and oxygen atoms in total. The smallest absolute Gasteiger partial charge is 0.0541 e. The van der Waals surface area contributed by atoms with E-state index in [0.29, 0.717) is 6.04 Å². The minimum absolute atomic E-state index is 0.344. The molecule has 1 N–H and O–H groups in total. The van der Waals surface area contributed by atoms with Gasteiger partial charge in [-0.15, -0.1) is 11.8 Å². The summed E-state index contributed by atoms with van der Waals surface area (Å²) in [5, 5.41) is 4.42. The summed E-state index contributed by atoms with van der Waals surface area (Å²) in [5.74, 6) is 0.974. The van der Waals surface area contributed by atoms with Crippen LogP contribution in [0.15, 0.2) is 47.4 Å². The quantitative estimate of drug-likeness (QED) is 0.715. The molecule has 0 heterocycles. The van der Waals surface area contributed by atoms with Crippen LogP contribution < -0.4 is 5.32 Å². The van der Waals surface area contributed by atoms with Crippen LogP contribution in [0.4, 0.5) is 0 Å². The lowest BCUT2D eigenvalue weighted by molar-refractivity contribution is 0.603. The Kier molecular flexibility index (Phi) is 6.16. The first-order valence-electron chi connectivity index (χ1n) is 7.29. The van der Waals surface area contributed by atoms with Crippen LogP contribution in [0.1, 0.15) is 29.7 Å². The Labute approximate surface area is 137 Å². The fraction of sp³-hybridized carbons (Fsp3) is 0.333. The van der Waals surface area contributed by atoms with Crippen molar-refractivity contribution in [3.8, 4) is 0 Å². The van der Waals surface area contributed by atoms with Crippen molar-refractivity contribution in [2.24, 2.45) is 0 Å². The van der Waals surface area contributed by atoms with Gasteiger partial charge in [-0.05, 0) is 43.7 Å². The Morgan fingerprint density at radius 2 is 1.90 bits per heavy atom. The lowest BCUT2D eigenvalue weighted by atomic mass is 10.00. The van der Waals surface area contributed by atoms with Crippen LogP contribution in [0.3, 0.4) is 0 Å². The molecule has 0 fully saturated rings. The molecule has 0 bridgehead atoms. The molecule has 0 aliphatic rings. The SMILES string of the molecule is CCNC(CSc1ccccc1Cl)c1cc(C)ccc1C. The topological polar surface area (TPSA) is 12.0 Å². The van der Waals surface area contributed by atoms with E-state index in [1.807, 2.05) is 30.0 Å². The average Bonchev–Trinajstić information content (AvgIpc) is 2.48. The van der Waals surface area contributed by atoms with Crippen molar-refractivity contribution in [3.63, 3.8) is 0 Å². The number of hydrogen-bond donors (Lipinski definition) is 1. The Balaban J connectivity index is 2.16. The molecule has 112 valence electrons. The van der Waals surface area contributed by atoms with Gasteiger partial charge in [0.15, 0.2) is 0 Å². The van der Waals surface area contributed by atoms with Crippen molar-refractivity contribution in [1.29, 1.82) is 0 Å². The first kappa shape index (κ1) is 16.4. The van der Waals surface area contributed by atoms with Gasteiger partial charge in [0.1, 0.15) is 0 Å². The van der Waals surface area contributed by atoms with Gasteiger partial charge < -0.3 is 5.32 Å². The van der Waals surface area contributed by atoms with Crippen LogP contribution in [0.25, 0.3) is 0 Å². The van der Waals surface area contributed by atoms with E-state index in [1.54, 1.807) is 0 Å². The maximum atomic E-state index is 6.25. The number of benzene rings is 2. The summed E-state index contributed by atoms with van der Waals surface area (Å²) in [6, 6.07) is 15.0. The molecule has 0 aromatic heterocycles. The van der Waals surface area contributed by atoms with Crippen molar-refractivity contribution in [2.45, 2.75) is 31.7 Å². The third kappa shape index (κ3) is 4.50. The first-order valence-corrected chi connectivity index (χ1v) is 8.66. The fourth-order valence-corrected chi connectivity index (χ4v) is 3.70. The van der Waals surface area contributed by atoms with Crippen molar-refractivity contribution in [3.05, 3.63) is 64.2 Å². The number of halogens is 1. The highest BCUT2D eigenvalue weighted by atomic mass is 35.5. The molecule has 0 saturated carbocycles. The van der Waals surface area contributed by atoms with Crippen LogP contribution in [0.2, 0.25) is 5.02 Å². The lowest BCUT2D eigenvalue weighted by Gasteiger charge is -2.21. The molecule has 3 heteroatoms. The van der Waals surface area contributed by atoms with Crippen LogP contribution in [-0.4, -0.2) is 12.3 Å². The van der Waals surface area contributed by atoms with E-state index < -0.39 is 0 Å². The molecule has 1 atom stereocenters. The van der Waals surface area contributed by atoms with Crippen LogP contribution in [0, 0.1) is 13.8 Å². The van der Waals surface area contributed by atoms with Gasteiger partial charge in [0, 0.05) is 16.7 Å². The highest BCUT2D eigenvalue weighted by molar-refractivity contribution is 7.99. The maximum absolute atomic E-state index is 6.25. The van der Waals surface area contributed by atoms with Gasteiger partial charge in [-0.1, -0.05) is 54.4 Å². The van der Waals surface area contributed by atoms with Gasteiger partial charge >= 0.3 is 0 Å². The molecule has 0 saturated heterocycles. The second kappa shape index (κ2) is 7.88. The molecule has 2 aromatic carbocycles. The highest BCUT2D eigenvalue weighted by Crippen LogP contribution is 2.31. The largest absolute Gasteiger partial charge is 0.309 e. The van der Waals surface area contributed by atoms with E-state index in [0.717, 1.165) is 22.2 Å². The molecule has 0 amide bonds. The van der Waals surface area contributed by atoms with E-state index >= 15 is 0 Å². The molecule has 0 aliphatic heterocycles. The average molecular weight is 320 g/mol. The highest BCUT2D eigenvalue weighted by Gasteiger charge is 2.14. The number of rotatable bonds is 6. The third-order valence-corrected chi connectivity index (χ3v) is 5.11. The summed E-state index contributed by atoms with van der Waals surface area (Å²) in [6.07, 6.45) is 0. The number of thioether (sulfide) groups is 1. The van der Waals surface area contributed by atoms with Gasteiger partial charge in [-0.3, -0.25) is 0 Å². The molecule has 1 unspecified atom stereocenters. The summed E-state index contributed by atoms with van der Waals surface area (Å²) < 4.78 is 0. The zero-order valence-corrected chi connectivity index (χ0v) is 14.4. The monoisotopic (exact) mass is 319 g/mol. The van der Waals surface area contributed by atoms with E-state index in [4.69, 9.17) is 11.6 Å². The summed E-state index contributed by atoms with van der Waals surface area (Å²) in [5.41, 5.74) is 4.03. The summed E-state index contributed by atoms with van der Waals surface area (Å²) >= 11 is 8.06. The Hall–Kier alpha value is -0.960. The van der Waals surface area contributed by atoms with Crippen LogP contribution >= 0.6 is 23.4 Å². The Bertz CT molecular complexity index is 598. The van der Waals surface area contributed by atoms with Gasteiger partial charge in [-0.25, -0.2) is 0 Å². The van der Waals surface area contributed by atoms with Crippen molar-refractivity contribution in [2.75, 3.05) is 12.3 Å². The second-order valence-electron chi connectivity index (χ2n) is 5.21. The van der Waals surface area contributed by atoms with Gasteiger partial charge in [0.2, 0.25) is 0 Å². The lowest BCUT2D eigenvalue weighted by Crippen LogP contribution is -2.23. The molecule has 0 radical (unpaired) electrons. The minimum atomic E-state index is 0.344. The maximum Gasteiger partial charge on any atom is 0.0541 e. The molecular weight excluding hydrogens is 298 g/mol. The molecule has 2 rings (SSSR count). The molecular formula is C18H22ClNS. The normalized spacial score (nSPS) is 12.4. The van der Waals surface area contributed by atoms with Gasteiger partial charge in [0.05, 0.1) is 5.02 Å². The third-order valence-electron chi connectivity index (χ3n) is 3.50. The predicted octanol–water partition coefficient (Wildman–Crippen LogP) is 5.40. The van der Waals surface area contributed by atoms with E-state index in [-0.39, 0.29) is 0 Å². The zero-order valence-electron chi connectivity index (χ0n) is 12.8. The molecule has 2 aromatic rings. The molecule has 0 spiro atoms. The minimum Gasteiger partial charge on any atom is -0.309 e. The summed E-state index contributed by atoms with van der Waals surface area (Å²) in [4.78, 5) is 1.15. The van der Waals surface area contributed by atoms with Gasteiger partial charge in [0.25, 0.3) is 0 Å². The Morgan fingerprint density at radius 1 is 1.14 bits per heavy atom. The van der Waals surface area contributed by atoms with Crippen molar-refractivity contribution >= 4 is 23.4 Å².